The van der Waals surface area contributed by atoms with Crippen molar-refractivity contribution in [1.29, 1.82) is 0 Å². The predicted molar refractivity (Wildman–Crippen MR) is 108 cm³/mol. The van der Waals surface area contributed by atoms with Gasteiger partial charge in [-0.3, -0.25) is 9.59 Å². The van der Waals surface area contributed by atoms with E-state index in [0.29, 0.717) is 17.6 Å². The summed E-state index contributed by atoms with van der Waals surface area (Å²) in [7, 11) is 1.86. The van der Waals surface area contributed by atoms with Crippen LogP contribution in [0.25, 0.3) is 10.8 Å². The van der Waals surface area contributed by atoms with Gasteiger partial charge in [0, 0.05) is 32.1 Å². The Kier molecular flexibility index (Phi) is 6.61. The molecule has 0 aliphatic carbocycles. The Hall–Kier alpha value is -2.21. The number of likely N-dealkylation sites (N-methyl/N-ethyl adjacent to an activating group) is 1. The van der Waals surface area contributed by atoms with Crippen LogP contribution in [0.3, 0.4) is 0 Å². The van der Waals surface area contributed by atoms with Crippen molar-refractivity contribution in [3.8, 4) is 0 Å². The zero-order valence-electron chi connectivity index (χ0n) is 16.5. The number of amides is 1. The monoisotopic (exact) mass is 370 g/mol. The number of carbonyl (C=O) groups is 1. The van der Waals surface area contributed by atoms with Crippen molar-refractivity contribution >= 4 is 16.7 Å². The Balaban J connectivity index is 1.73. The maximum atomic E-state index is 12.8. The summed E-state index contributed by atoms with van der Waals surface area (Å²) in [6.07, 6.45) is 4.88. The molecule has 2 aromatic rings. The topological polar surface area (TPSA) is 58.4 Å². The highest BCUT2D eigenvalue weighted by atomic mass is 16.2. The number of rotatable bonds is 7. The third-order valence-electron chi connectivity index (χ3n) is 5.32. The number of benzene rings is 1. The molecule has 146 valence electrons. The van der Waals surface area contributed by atoms with Gasteiger partial charge >= 0.3 is 0 Å². The molecule has 1 aliphatic heterocycles. The van der Waals surface area contributed by atoms with Gasteiger partial charge in [-0.25, -0.2) is 4.68 Å². The van der Waals surface area contributed by atoms with E-state index in [-0.39, 0.29) is 17.9 Å². The quantitative estimate of drug-likeness (QED) is 0.750. The Morgan fingerprint density at radius 2 is 1.81 bits per heavy atom. The standard InChI is InChI=1S/C21H30N4O2/c1-3-11-25-21(27)18-10-6-5-9-17(18)19(22-25)16-20(26)23(2)14-15-24-12-7-4-8-13-24/h5-6,9-10H,3-4,7-8,11-16H2,1-2H3. The molecular weight excluding hydrogens is 340 g/mol. The number of carbonyl (C=O) groups excluding carboxylic acids is 1. The minimum atomic E-state index is -0.0814. The lowest BCUT2D eigenvalue weighted by Crippen LogP contribution is -2.39. The summed E-state index contributed by atoms with van der Waals surface area (Å²) in [5.74, 6) is 0.0476. The summed E-state index contributed by atoms with van der Waals surface area (Å²) in [6.45, 7) is 6.50. The molecule has 0 bridgehead atoms. The Labute approximate surface area is 160 Å². The summed E-state index contributed by atoms with van der Waals surface area (Å²) in [6, 6.07) is 7.45. The maximum absolute atomic E-state index is 12.8. The highest BCUT2D eigenvalue weighted by Crippen LogP contribution is 2.15. The predicted octanol–water partition coefficient (Wildman–Crippen LogP) is 2.29. The van der Waals surface area contributed by atoms with E-state index in [1.807, 2.05) is 38.2 Å². The lowest BCUT2D eigenvalue weighted by molar-refractivity contribution is -0.129. The van der Waals surface area contributed by atoms with Gasteiger partial charge in [-0.05, 0) is 38.4 Å². The molecule has 0 N–H and O–H groups in total. The van der Waals surface area contributed by atoms with E-state index in [0.717, 1.165) is 38.0 Å². The first kappa shape index (κ1) is 19.5. The molecule has 27 heavy (non-hydrogen) atoms. The van der Waals surface area contributed by atoms with Crippen LogP contribution >= 0.6 is 0 Å². The number of fused-ring (bicyclic) bond motifs is 1. The lowest BCUT2D eigenvalue weighted by Gasteiger charge is -2.28. The van der Waals surface area contributed by atoms with Crippen LogP contribution in [0.2, 0.25) is 0 Å². The van der Waals surface area contributed by atoms with Crippen molar-refractivity contribution in [3.63, 3.8) is 0 Å². The summed E-state index contributed by atoms with van der Waals surface area (Å²) in [5, 5.41) is 5.93. The van der Waals surface area contributed by atoms with Crippen LogP contribution in [0, 0.1) is 0 Å². The summed E-state index contributed by atoms with van der Waals surface area (Å²) >= 11 is 0. The van der Waals surface area contributed by atoms with Gasteiger partial charge in [0.25, 0.3) is 5.56 Å². The van der Waals surface area contributed by atoms with Gasteiger partial charge in [-0.1, -0.05) is 31.5 Å². The normalized spacial score (nSPS) is 15.2. The van der Waals surface area contributed by atoms with Gasteiger partial charge in [0.15, 0.2) is 0 Å². The fourth-order valence-electron chi connectivity index (χ4n) is 3.68. The number of aryl methyl sites for hydroxylation is 1. The highest BCUT2D eigenvalue weighted by Gasteiger charge is 2.17. The van der Waals surface area contributed by atoms with Crippen molar-refractivity contribution in [3.05, 3.63) is 40.3 Å². The number of hydrogen-bond donors (Lipinski definition) is 0. The number of nitrogens with zero attached hydrogens (tertiary/aromatic N) is 4. The molecular formula is C21H30N4O2. The second-order valence-electron chi connectivity index (χ2n) is 7.41. The van der Waals surface area contributed by atoms with Crippen LogP contribution in [-0.2, 0) is 17.8 Å². The molecule has 0 unspecified atom stereocenters. The number of likely N-dealkylation sites (tertiary alicyclic amines) is 1. The third-order valence-corrected chi connectivity index (χ3v) is 5.32. The van der Waals surface area contributed by atoms with Gasteiger partial charge in [-0.15, -0.1) is 0 Å². The Bertz CT molecular complexity index is 840. The molecule has 1 amide bonds. The summed E-state index contributed by atoms with van der Waals surface area (Å²) in [5.41, 5.74) is 0.607. The molecule has 6 heteroatoms. The zero-order chi connectivity index (χ0) is 19.2. The second-order valence-corrected chi connectivity index (χ2v) is 7.41. The van der Waals surface area contributed by atoms with Crippen molar-refractivity contribution in [2.45, 2.75) is 45.6 Å². The van der Waals surface area contributed by atoms with Crippen molar-refractivity contribution < 1.29 is 4.79 Å². The fraction of sp³-hybridized carbons (Fsp3) is 0.571. The second kappa shape index (κ2) is 9.13. The Morgan fingerprint density at radius 3 is 2.52 bits per heavy atom. The van der Waals surface area contributed by atoms with Crippen LogP contribution in [0.4, 0.5) is 0 Å². The average Bonchev–Trinajstić information content (AvgIpc) is 2.70. The molecule has 1 saturated heterocycles. The zero-order valence-corrected chi connectivity index (χ0v) is 16.5. The average molecular weight is 370 g/mol. The largest absolute Gasteiger partial charge is 0.344 e. The molecule has 3 rings (SSSR count). The van der Waals surface area contributed by atoms with E-state index in [1.165, 1.54) is 23.9 Å². The molecule has 1 aromatic heterocycles. The van der Waals surface area contributed by atoms with Crippen LogP contribution < -0.4 is 5.56 Å². The van der Waals surface area contributed by atoms with Crippen LogP contribution in [0.15, 0.2) is 29.1 Å². The molecule has 1 fully saturated rings. The van der Waals surface area contributed by atoms with E-state index in [4.69, 9.17) is 0 Å². The molecule has 0 saturated carbocycles. The van der Waals surface area contributed by atoms with Gasteiger partial charge in [0.05, 0.1) is 17.5 Å². The van der Waals surface area contributed by atoms with Gasteiger partial charge in [0.2, 0.25) is 5.91 Å². The number of aromatic nitrogens is 2. The smallest absolute Gasteiger partial charge is 0.274 e. The molecule has 0 atom stereocenters. The van der Waals surface area contributed by atoms with Gasteiger partial charge < -0.3 is 9.80 Å². The first-order chi connectivity index (χ1) is 13.1. The summed E-state index contributed by atoms with van der Waals surface area (Å²) < 4.78 is 1.50. The van der Waals surface area contributed by atoms with Gasteiger partial charge in [-0.2, -0.15) is 5.10 Å². The number of hydrogen-bond acceptors (Lipinski definition) is 4. The van der Waals surface area contributed by atoms with Crippen LogP contribution in [0.1, 0.15) is 38.3 Å². The molecule has 0 spiro atoms. The molecule has 1 aliphatic rings. The Morgan fingerprint density at radius 1 is 1.11 bits per heavy atom. The molecule has 0 radical (unpaired) electrons. The molecule has 1 aromatic carbocycles. The van der Waals surface area contributed by atoms with E-state index in [1.54, 1.807) is 4.90 Å². The van der Waals surface area contributed by atoms with Crippen LogP contribution in [0.5, 0.6) is 0 Å². The SMILES string of the molecule is CCCn1nc(CC(=O)N(C)CCN2CCCCC2)c2ccccc2c1=O. The van der Waals surface area contributed by atoms with Crippen molar-refractivity contribution in [2.24, 2.45) is 0 Å². The minimum Gasteiger partial charge on any atom is -0.344 e. The van der Waals surface area contributed by atoms with E-state index >= 15 is 0 Å². The van der Waals surface area contributed by atoms with Gasteiger partial charge in [0.1, 0.15) is 0 Å². The first-order valence-electron chi connectivity index (χ1n) is 10.0. The first-order valence-corrected chi connectivity index (χ1v) is 10.0. The summed E-state index contributed by atoms with van der Waals surface area (Å²) in [4.78, 5) is 29.6. The molecule has 6 nitrogen and oxygen atoms in total. The lowest BCUT2D eigenvalue weighted by atomic mass is 10.1. The minimum absolute atomic E-state index is 0.0476. The van der Waals surface area contributed by atoms with E-state index in [2.05, 4.69) is 10.00 Å². The maximum Gasteiger partial charge on any atom is 0.274 e. The van der Waals surface area contributed by atoms with E-state index in [9.17, 15) is 9.59 Å². The molecule has 2 heterocycles. The van der Waals surface area contributed by atoms with Crippen molar-refractivity contribution in [2.75, 3.05) is 33.2 Å². The fourth-order valence-corrected chi connectivity index (χ4v) is 3.68. The van der Waals surface area contributed by atoms with Crippen molar-refractivity contribution in [1.82, 2.24) is 19.6 Å². The third kappa shape index (κ3) is 4.75. The number of piperidine rings is 1. The highest BCUT2D eigenvalue weighted by molar-refractivity contribution is 5.88. The van der Waals surface area contributed by atoms with Crippen LogP contribution in [-0.4, -0.2) is 58.7 Å². The van der Waals surface area contributed by atoms with E-state index < -0.39 is 0 Å².